The van der Waals surface area contributed by atoms with Gasteiger partial charge in [-0.05, 0) is 18.3 Å². The van der Waals surface area contributed by atoms with Gasteiger partial charge in [0.05, 0.1) is 0 Å². The molecule has 2 atom stereocenters. The van der Waals surface area contributed by atoms with E-state index < -0.39 is 0 Å². The SMILES string of the molecule is CC(=O)[C@@]1(C)[C@@H](C)C1(C)C. The zero-order valence-electron chi connectivity index (χ0n) is 7.49. The Morgan fingerprint density at radius 2 is 1.60 bits per heavy atom. The molecule has 0 aliphatic heterocycles. The molecule has 1 nitrogen and oxygen atoms in total. The van der Waals surface area contributed by atoms with Crippen molar-refractivity contribution in [2.45, 2.75) is 34.6 Å². The van der Waals surface area contributed by atoms with Crippen LogP contribution in [0.3, 0.4) is 0 Å². The minimum Gasteiger partial charge on any atom is -0.299 e. The molecule has 0 saturated heterocycles. The highest BCUT2D eigenvalue weighted by Crippen LogP contribution is 2.68. The lowest BCUT2D eigenvalue weighted by Crippen LogP contribution is -2.14. The maximum atomic E-state index is 11.2. The predicted octanol–water partition coefficient (Wildman–Crippen LogP) is 2.26. The number of Topliss-reactive ketones (excluding diaryl/α,β-unsaturated/α-hetero) is 1. The largest absolute Gasteiger partial charge is 0.299 e. The summed E-state index contributed by atoms with van der Waals surface area (Å²) in [6, 6.07) is 0. The summed E-state index contributed by atoms with van der Waals surface area (Å²) in [5.41, 5.74) is 0.200. The van der Waals surface area contributed by atoms with E-state index in [1.807, 2.05) is 0 Å². The van der Waals surface area contributed by atoms with Crippen molar-refractivity contribution in [3.8, 4) is 0 Å². The minimum absolute atomic E-state index is 0.0347. The third-order valence-corrected chi connectivity index (χ3v) is 3.94. The third kappa shape index (κ3) is 0.561. The van der Waals surface area contributed by atoms with Crippen LogP contribution in [-0.4, -0.2) is 5.78 Å². The molecule has 0 aromatic rings. The number of carbonyl (C=O) groups excluding carboxylic acids is 1. The molecule has 0 bridgehead atoms. The first-order valence-electron chi connectivity index (χ1n) is 3.86. The molecular weight excluding hydrogens is 124 g/mol. The van der Waals surface area contributed by atoms with Crippen molar-refractivity contribution in [2.75, 3.05) is 0 Å². The summed E-state index contributed by atoms with van der Waals surface area (Å²) in [6.45, 7) is 10.3. The van der Waals surface area contributed by atoms with Crippen molar-refractivity contribution in [3.05, 3.63) is 0 Å². The average Bonchev–Trinajstić information content (AvgIpc) is 2.16. The lowest BCUT2D eigenvalue weighted by atomic mass is 9.94. The Labute approximate surface area is 62.8 Å². The van der Waals surface area contributed by atoms with Crippen molar-refractivity contribution >= 4 is 5.78 Å². The summed E-state index contributed by atoms with van der Waals surface area (Å²) in [5, 5.41) is 0. The van der Waals surface area contributed by atoms with E-state index >= 15 is 0 Å². The van der Waals surface area contributed by atoms with E-state index in [0.29, 0.717) is 11.7 Å². The van der Waals surface area contributed by atoms with Gasteiger partial charge in [-0.2, -0.15) is 0 Å². The van der Waals surface area contributed by atoms with Gasteiger partial charge in [0.15, 0.2) is 0 Å². The summed E-state index contributed by atoms with van der Waals surface area (Å²) >= 11 is 0. The van der Waals surface area contributed by atoms with E-state index in [9.17, 15) is 4.79 Å². The molecule has 1 rings (SSSR count). The summed E-state index contributed by atoms with van der Waals surface area (Å²) in [4.78, 5) is 11.2. The molecule has 1 aliphatic rings. The summed E-state index contributed by atoms with van der Waals surface area (Å²) in [6.07, 6.45) is 0. The highest BCUT2D eigenvalue weighted by atomic mass is 16.1. The van der Waals surface area contributed by atoms with Gasteiger partial charge in [0.1, 0.15) is 5.78 Å². The van der Waals surface area contributed by atoms with Gasteiger partial charge in [-0.25, -0.2) is 0 Å². The van der Waals surface area contributed by atoms with Crippen LogP contribution < -0.4 is 0 Å². The van der Waals surface area contributed by atoms with Gasteiger partial charge in [-0.3, -0.25) is 4.79 Å². The van der Waals surface area contributed by atoms with Crippen LogP contribution in [0.2, 0.25) is 0 Å². The normalized spacial score (nSPS) is 43.1. The first-order chi connectivity index (χ1) is 4.35. The molecule has 0 aromatic heterocycles. The van der Waals surface area contributed by atoms with Crippen molar-refractivity contribution in [2.24, 2.45) is 16.7 Å². The first kappa shape index (κ1) is 7.77. The standard InChI is InChI=1S/C9H16O/c1-6-8(3,4)9(6,5)7(2)10/h6H,1-5H3/t6-,9+/m0/s1. The zero-order valence-corrected chi connectivity index (χ0v) is 7.49. The van der Waals surface area contributed by atoms with Crippen molar-refractivity contribution in [1.82, 2.24) is 0 Å². The second-order valence-electron chi connectivity index (χ2n) is 4.20. The molecule has 0 unspecified atom stereocenters. The van der Waals surface area contributed by atoms with E-state index in [-0.39, 0.29) is 10.8 Å². The third-order valence-electron chi connectivity index (χ3n) is 3.94. The monoisotopic (exact) mass is 140 g/mol. The van der Waals surface area contributed by atoms with Gasteiger partial charge in [0.2, 0.25) is 0 Å². The van der Waals surface area contributed by atoms with Gasteiger partial charge >= 0.3 is 0 Å². The van der Waals surface area contributed by atoms with Crippen LogP contribution in [0.15, 0.2) is 0 Å². The van der Waals surface area contributed by atoms with Gasteiger partial charge < -0.3 is 0 Å². The Bertz CT molecular complexity index is 181. The van der Waals surface area contributed by atoms with Crippen molar-refractivity contribution in [3.63, 3.8) is 0 Å². The van der Waals surface area contributed by atoms with Crippen LogP contribution in [0, 0.1) is 16.7 Å². The fraction of sp³-hybridized carbons (Fsp3) is 0.889. The van der Waals surface area contributed by atoms with E-state index in [2.05, 4.69) is 27.7 Å². The number of carbonyl (C=O) groups is 1. The van der Waals surface area contributed by atoms with Crippen molar-refractivity contribution in [1.29, 1.82) is 0 Å². The molecule has 0 radical (unpaired) electrons. The minimum atomic E-state index is -0.0347. The molecule has 1 aliphatic carbocycles. The van der Waals surface area contributed by atoms with Crippen LogP contribution in [0.1, 0.15) is 34.6 Å². The lowest BCUT2D eigenvalue weighted by Gasteiger charge is -2.08. The molecule has 0 aromatic carbocycles. The number of rotatable bonds is 1. The van der Waals surface area contributed by atoms with Crippen LogP contribution in [0.5, 0.6) is 0 Å². The van der Waals surface area contributed by atoms with Crippen LogP contribution in [-0.2, 0) is 4.79 Å². The molecule has 0 amide bonds. The highest BCUT2D eigenvalue weighted by molar-refractivity contribution is 5.86. The van der Waals surface area contributed by atoms with Crippen molar-refractivity contribution < 1.29 is 4.79 Å². The molecule has 1 heteroatoms. The molecule has 0 N–H and O–H groups in total. The number of hydrogen-bond donors (Lipinski definition) is 0. The topological polar surface area (TPSA) is 17.1 Å². The Morgan fingerprint density at radius 1 is 1.30 bits per heavy atom. The van der Waals surface area contributed by atoms with Gasteiger partial charge in [-0.1, -0.05) is 27.7 Å². The molecule has 1 fully saturated rings. The predicted molar refractivity (Wildman–Crippen MR) is 41.7 cm³/mol. The summed E-state index contributed by atoms with van der Waals surface area (Å²) in [7, 11) is 0. The van der Waals surface area contributed by atoms with E-state index in [1.165, 1.54) is 0 Å². The Balaban J connectivity index is 2.88. The highest BCUT2D eigenvalue weighted by Gasteiger charge is 2.67. The molecule has 0 heterocycles. The quantitative estimate of drug-likeness (QED) is 0.546. The lowest BCUT2D eigenvalue weighted by molar-refractivity contribution is -0.122. The van der Waals surface area contributed by atoms with E-state index in [4.69, 9.17) is 0 Å². The number of hydrogen-bond acceptors (Lipinski definition) is 1. The second kappa shape index (κ2) is 1.63. The molecular formula is C9H16O. The maximum absolute atomic E-state index is 11.2. The zero-order chi connectivity index (χ0) is 8.15. The summed E-state index contributed by atoms with van der Waals surface area (Å²) in [5.74, 6) is 0.891. The van der Waals surface area contributed by atoms with Crippen LogP contribution in [0.4, 0.5) is 0 Å². The first-order valence-corrected chi connectivity index (χ1v) is 3.86. The van der Waals surface area contributed by atoms with Crippen LogP contribution in [0.25, 0.3) is 0 Å². The van der Waals surface area contributed by atoms with E-state index in [0.717, 1.165) is 0 Å². The van der Waals surface area contributed by atoms with Gasteiger partial charge in [0, 0.05) is 5.41 Å². The Kier molecular flexibility index (Phi) is 1.27. The smallest absolute Gasteiger partial charge is 0.136 e. The summed E-state index contributed by atoms with van der Waals surface area (Å²) < 4.78 is 0. The molecule has 0 spiro atoms. The number of ketones is 1. The van der Waals surface area contributed by atoms with Crippen LogP contribution >= 0.6 is 0 Å². The fourth-order valence-corrected chi connectivity index (χ4v) is 2.03. The molecule has 1 saturated carbocycles. The van der Waals surface area contributed by atoms with Gasteiger partial charge in [-0.15, -0.1) is 0 Å². The Hall–Kier alpha value is -0.330. The molecule has 58 valence electrons. The van der Waals surface area contributed by atoms with E-state index in [1.54, 1.807) is 6.92 Å². The Morgan fingerprint density at radius 3 is 1.60 bits per heavy atom. The maximum Gasteiger partial charge on any atom is 0.136 e. The second-order valence-corrected chi connectivity index (χ2v) is 4.20. The fourth-order valence-electron chi connectivity index (χ4n) is 2.03. The molecule has 10 heavy (non-hydrogen) atoms. The average molecular weight is 140 g/mol. The van der Waals surface area contributed by atoms with Gasteiger partial charge in [0.25, 0.3) is 0 Å².